The highest BCUT2D eigenvalue weighted by Gasteiger charge is 2.20. The molecular formula is C15H13ClFNO. The smallest absolute Gasteiger partial charge is 0.126 e. The number of ether oxygens (including phenoxy) is 1. The van der Waals surface area contributed by atoms with Gasteiger partial charge in [-0.15, -0.1) is 0 Å². The lowest BCUT2D eigenvalue weighted by molar-refractivity contribution is 0.274. The fourth-order valence-corrected chi connectivity index (χ4v) is 2.55. The Bertz CT molecular complexity index is 582. The van der Waals surface area contributed by atoms with Crippen molar-refractivity contribution < 1.29 is 9.13 Å². The molecule has 0 bridgehead atoms. The van der Waals surface area contributed by atoms with Gasteiger partial charge >= 0.3 is 0 Å². The summed E-state index contributed by atoms with van der Waals surface area (Å²) in [5.41, 5.74) is 1.78. The fraction of sp³-hybridized carbons (Fsp3) is 0.200. The largest absolute Gasteiger partial charge is 0.493 e. The van der Waals surface area contributed by atoms with Gasteiger partial charge < -0.3 is 10.1 Å². The van der Waals surface area contributed by atoms with E-state index in [0.29, 0.717) is 17.3 Å². The van der Waals surface area contributed by atoms with Gasteiger partial charge in [-0.3, -0.25) is 0 Å². The van der Waals surface area contributed by atoms with Gasteiger partial charge in [-0.25, -0.2) is 4.39 Å². The molecule has 1 aliphatic heterocycles. The molecule has 98 valence electrons. The van der Waals surface area contributed by atoms with E-state index in [9.17, 15) is 4.39 Å². The third-order valence-corrected chi connectivity index (χ3v) is 3.38. The van der Waals surface area contributed by atoms with Gasteiger partial charge in [-0.05, 0) is 24.3 Å². The maximum atomic E-state index is 13.3. The predicted molar refractivity (Wildman–Crippen MR) is 74.3 cm³/mol. The topological polar surface area (TPSA) is 21.3 Å². The Balaban J connectivity index is 1.88. The molecule has 1 atom stereocenters. The minimum absolute atomic E-state index is 0.114. The first-order valence-electron chi connectivity index (χ1n) is 6.17. The van der Waals surface area contributed by atoms with Crippen LogP contribution in [-0.2, 0) is 0 Å². The maximum absolute atomic E-state index is 13.3. The molecule has 0 aromatic heterocycles. The number of hydrogen-bond donors (Lipinski definition) is 1. The Morgan fingerprint density at radius 2 is 2.05 bits per heavy atom. The number of nitrogens with one attached hydrogen (secondary N) is 1. The second-order valence-electron chi connectivity index (χ2n) is 4.53. The van der Waals surface area contributed by atoms with Crippen LogP contribution in [0.25, 0.3) is 0 Å². The third kappa shape index (κ3) is 2.66. The van der Waals surface area contributed by atoms with Crippen LogP contribution in [-0.4, -0.2) is 6.61 Å². The third-order valence-electron chi connectivity index (χ3n) is 3.16. The highest BCUT2D eigenvalue weighted by molar-refractivity contribution is 6.30. The van der Waals surface area contributed by atoms with E-state index in [1.165, 1.54) is 12.1 Å². The van der Waals surface area contributed by atoms with Crippen LogP contribution in [0, 0.1) is 5.82 Å². The number of hydrogen-bond acceptors (Lipinski definition) is 2. The van der Waals surface area contributed by atoms with Crippen molar-refractivity contribution in [3.63, 3.8) is 0 Å². The summed E-state index contributed by atoms with van der Waals surface area (Å²) in [6.45, 7) is 0.651. The van der Waals surface area contributed by atoms with Gasteiger partial charge in [-0.1, -0.05) is 29.8 Å². The van der Waals surface area contributed by atoms with E-state index in [1.54, 1.807) is 6.07 Å². The average molecular weight is 278 g/mol. The standard InChI is InChI=1S/C15H13ClFNO/c16-10-7-11(17)9-12(8-10)18-14-5-6-19-15-4-2-1-3-13(14)15/h1-4,7-9,14,18H,5-6H2. The normalized spacial score (nSPS) is 17.5. The molecule has 0 saturated carbocycles. The summed E-state index contributed by atoms with van der Waals surface area (Å²) in [6, 6.07) is 12.5. The summed E-state index contributed by atoms with van der Waals surface area (Å²) in [5, 5.41) is 3.71. The van der Waals surface area contributed by atoms with Gasteiger partial charge in [0.1, 0.15) is 11.6 Å². The van der Waals surface area contributed by atoms with Gasteiger partial charge in [0.25, 0.3) is 0 Å². The van der Waals surface area contributed by atoms with Crippen LogP contribution in [0.15, 0.2) is 42.5 Å². The lowest BCUT2D eigenvalue weighted by atomic mass is 10.0. The van der Waals surface area contributed by atoms with E-state index in [1.807, 2.05) is 24.3 Å². The summed E-state index contributed by atoms with van der Waals surface area (Å²) in [4.78, 5) is 0. The van der Waals surface area contributed by atoms with E-state index in [-0.39, 0.29) is 11.9 Å². The Kier molecular flexibility index (Phi) is 3.30. The second kappa shape index (κ2) is 5.10. The van der Waals surface area contributed by atoms with Gasteiger partial charge in [0, 0.05) is 22.7 Å². The fourth-order valence-electron chi connectivity index (χ4n) is 2.33. The molecule has 0 radical (unpaired) electrons. The average Bonchev–Trinajstić information content (AvgIpc) is 2.38. The Labute approximate surface area is 116 Å². The van der Waals surface area contributed by atoms with Crippen molar-refractivity contribution in [1.82, 2.24) is 0 Å². The van der Waals surface area contributed by atoms with Crippen LogP contribution in [0.4, 0.5) is 10.1 Å². The molecule has 19 heavy (non-hydrogen) atoms. The molecule has 0 amide bonds. The SMILES string of the molecule is Fc1cc(Cl)cc(NC2CCOc3ccccc32)c1. The highest BCUT2D eigenvalue weighted by Crippen LogP contribution is 2.34. The van der Waals surface area contributed by atoms with Gasteiger partial charge in [0.05, 0.1) is 12.6 Å². The first-order chi connectivity index (χ1) is 9.22. The molecule has 0 spiro atoms. The number of halogens is 2. The summed E-state index contributed by atoms with van der Waals surface area (Å²) in [6.07, 6.45) is 0.838. The summed E-state index contributed by atoms with van der Waals surface area (Å²) in [5.74, 6) is 0.545. The molecular weight excluding hydrogens is 265 g/mol. The number of para-hydroxylation sites is 1. The molecule has 1 heterocycles. The van der Waals surface area contributed by atoms with E-state index >= 15 is 0 Å². The van der Waals surface area contributed by atoms with Crippen molar-refractivity contribution in [1.29, 1.82) is 0 Å². The molecule has 1 unspecified atom stereocenters. The van der Waals surface area contributed by atoms with Gasteiger partial charge in [0.2, 0.25) is 0 Å². The van der Waals surface area contributed by atoms with Gasteiger partial charge in [-0.2, -0.15) is 0 Å². The van der Waals surface area contributed by atoms with Crippen LogP contribution in [0.1, 0.15) is 18.0 Å². The van der Waals surface area contributed by atoms with Crippen LogP contribution in [0.5, 0.6) is 5.75 Å². The molecule has 1 N–H and O–H groups in total. The summed E-state index contributed by atoms with van der Waals surface area (Å²) >= 11 is 5.86. The van der Waals surface area contributed by atoms with Crippen molar-refractivity contribution >= 4 is 17.3 Å². The van der Waals surface area contributed by atoms with Crippen molar-refractivity contribution in [2.45, 2.75) is 12.5 Å². The highest BCUT2D eigenvalue weighted by atomic mass is 35.5. The van der Waals surface area contributed by atoms with Crippen molar-refractivity contribution in [3.05, 3.63) is 58.9 Å². The Morgan fingerprint density at radius 1 is 1.21 bits per heavy atom. The molecule has 0 fully saturated rings. The van der Waals surface area contributed by atoms with Crippen molar-refractivity contribution in [2.75, 3.05) is 11.9 Å². The van der Waals surface area contributed by atoms with E-state index < -0.39 is 0 Å². The number of rotatable bonds is 2. The first kappa shape index (κ1) is 12.3. The molecule has 2 aromatic carbocycles. The van der Waals surface area contributed by atoms with Crippen molar-refractivity contribution in [3.8, 4) is 5.75 Å². The minimum Gasteiger partial charge on any atom is -0.493 e. The van der Waals surface area contributed by atoms with Crippen LogP contribution in [0.3, 0.4) is 0 Å². The van der Waals surface area contributed by atoms with Crippen LogP contribution in [0.2, 0.25) is 5.02 Å². The van der Waals surface area contributed by atoms with E-state index in [4.69, 9.17) is 16.3 Å². The lowest BCUT2D eigenvalue weighted by Crippen LogP contribution is -2.20. The molecule has 0 saturated heterocycles. The predicted octanol–water partition coefficient (Wildman–Crippen LogP) is 4.41. The molecule has 0 aliphatic carbocycles. The molecule has 2 nitrogen and oxygen atoms in total. The first-order valence-corrected chi connectivity index (χ1v) is 6.54. The molecule has 2 aromatic rings. The van der Waals surface area contributed by atoms with E-state index in [0.717, 1.165) is 17.7 Å². The maximum Gasteiger partial charge on any atom is 0.126 e. The zero-order valence-electron chi connectivity index (χ0n) is 10.2. The van der Waals surface area contributed by atoms with Crippen molar-refractivity contribution in [2.24, 2.45) is 0 Å². The Hall–Kier alpha value is -1.74. The summed E-state index contributed by atoms with van der Waals surface area (Å²) in [7, 11) is 0. The number of anilines is 1. The monoisotopic (exact) mass is 277 g/mol. The minimum atomic E-state index is -0.338. The number of fused-ring (bicyclic) bond motifs is 1. The zero-order chi connectivity index (χ0) is 13.2. The van der Waals surface area contributed by atoms with Gasteiger partial charge in [0.15, 0.2) is 0 Å². The second-order valence-corrected chi connectivity index (χ2v) is 4.97. The zero-order valence-corrected chi connectivity index (χ0v) is 11.0. The van der Waals surface area contributed by atoms with Crippen LogP contribution < -0.4 is 10.1 Å². The molecule has 3 rings (SSSR count). The molecule has 4 heteroatoms. The van der Waals surface area contributed by atoms with Crippen LogP contribution >= 0.6 is 11.6 Å². The molecule has 1 aliphatic rings. The number of benzene rings is 2. The quantitative estimate of drug-likeness (QED) is 0.878. The Morgan fingerprint density at radius 3 is 2.89 bits per heavy atom. The van der Waals surface area contributed by atoms with E-state index in [2.05, 4.69) is 5.32 Å². The summed E-state index contributed by atoms with van der Waals surface area (Å²) < 4.78 is 18.9. The lowest BCUT2D eigenvalue weighted by Gasteiger charge is -2.27.